The van der Waals surface area contributed by atoms with E-state index in [1.54, 1.807) is 30.6 Å². The van der Waals surface area contributed by atoms with Crippen molar-refractivity contribution in [2.45, 2.75) is 6.04 Å². The van der Waals surface area contributed by atoms with Gasteiger partial charge in [0.05, 0.1) is 0 Å². The van der Waals surface area contributed by atoms with Gasteiger partial charge in [0.15, 0.2) is 11.4 Å². The molecule has 0 radical (unpaired) electrons. The summed E-state index contributed by atoms with van der Waals surface area (Å²) in [7, 11) is 0. The number of halogens is 1. The number of hydrogen-bond acceptors (Lipinski definition) is 3. The molecule has 86 valence electrons. The Balaban J connectivity index is 2.10. The molecule has 0 bridgehead atoms. The molecule has 2 heterocycles. The summed E-state index contributed by atoms with van der Waals surface area (Å²) in [5, 5.41) is 0.696. The highest BCUT2D eigenvalue weighted by Crippen LogP contribution is 2.26. The average molecular weight is 231 g/mol. The standard InChI is InChI=1S/C12H10FN3O/c13-8-3-1-2-7-6-9(17-11(7)8)10(14)12-15-4-5-16-12/h1-6,10H,14H2,(H,15,16). The van der Waals surface area contributed by atoms with E-state index in [-0.39, 0.29) is 11.4 Å². The summed E-state index contributed by atoms with van der Waals surface area (Å²) in [5.41, 5.74) is 6.19. The summed E-state index contributed by atoms with van der Waals surface area (Å²) >= 11 is 0. The minimum atomic E-state index is -0.517. The zero-order valence-corrected chi connectivity index (χ0v) is 8.85. The van der Waals surface area contributed by atoms with Crippen molar-refractivity contribution in [3.05, 3.63) is 54.1 Å². The number of aromatic nitrogens is 2. The number of aromatic amines is 1. The third kappa shape index (κ3) is 1.60. The van der Waals surface area contributed by atoms with Gasteiger partial charge >= 0.3 is 0 Å². The Morgan fingerprint density at radius 1 is 1.41 bits per heavy atom. The number of imidazole rings is 1. The highest BCUT2D eigenvalue weighted by atomic mass is 19.1. The van der Waals surface area contributed by atoms with Crippen LogP contribution in [0.25, 0.3) is 11.0 Å². The smallest absolute Gasteiger partial charge is 0.169 e. The molecular weight excluding hydrogens is 221 g/mol. The number of benzene rings is 1. The fraction of sp³-hybridized carbons (Fsp3) is 0.0833. The van der Waals surface area contributed by atoms with Gasteiger partial charge in [-0.15, -0.1) is 0 Å². The maximum absolute atomic E-state index is 13.4. The van der Waals surface area contributed by atoms with E-state index in [9.17, 15) is 4.39 Å². The van der Waals surface area contributed by atoms with Crippen LogP contribution in [0.3, 0.4) is 0 Å². The summed E-state index contributed by atoms with van der Waals surface area (Å²) in [6.45, 7) is 0. The summed E-state index contributed by atoms with van der Waals surface area (Å²) < 4.78 is 18.9. The number of nitrogens with zero attached hydrogens (tertiary/aromatic N) is 1. The number of para-hydroxylation sites is 1. The molecule has 0 amide bonds. The third-order valence-corrected chi connectivity index (χ3v) is 2.64. The predicted octanol–water partition coefficient (Wildman–Crippen LogP) is 2.34. The summed E-state index contributed by atoms with van der Waals surface area (Å²) in [4.78, 5) is 6.96. The molecule has 0 saturated carbocycles. The molecule has 0 spiro atoms. The Morgan fingerprint density at radius 3 is 3.00 bits per heavy atom. The topological polar surface area (TPSA) is 67.8 Å². The third-order valence-electron chi connectivity index (χ3n) is 2.64. The first-order valence-electron chi connectivity index (χ1n) is 5.18. The number of nitrogens with one attached hydrogen (secondary N) is 1. The van der Waals surface area contributed by atoms with Crippen LogP contribution in [0.4, 0.5) is 4.39 Å². The first-order chi connectivity index (χ1) is 8.25. The average Bonchev–Trinajstić information content (AvgIpc) is 2.98. The maximum Gasteiger partial charge on any atom is 0.169 e. The van der Waals surface area contributed by atoms with E-state index in [0.717, 1.165) is 0 Å². The Labute approximate surface area is 96.3 Å². The van der Waals surface area contributed by atoms with Gasteiger partial charge in [0.25, 0.3) is 0 Å². The zero-order valence-electron chi connectivity index (χ0n) is 8.85. The molecule has 3 aromatic rings. The van der Waals surface area contributed by atoms with E-state index >= 15 is 0 Å². The highest BCUT2D eigenvalue weighted by molar-refractivity contribution is 5.78. The van der Waals surface area contributed by atoms with Gasteiger partial charge in [-0.1, -0.05) is 12.1 Å². The van der Waals surface area contributed by atoms with Crippen molar-refractivity contribution in [1.82, 2.24) is 9.97 Å². The van der Waals surface area contributed by atoms with Crippen molar-refractivity contribution in [2.75, 3.05) is 0 Å². The van der Waals surface area contributed by atoms with Crippen molar-refractivity contribution in [3.8, 4) is 0 Å². The number of H-pyrrole nitrogens is 1. The number of rotatable bonds is 2. The minimum absolute atomic E-state index is 0.226. The van der Waals surface area contributed by atoms with Gasteiger partial charge < -0.3 is 15.1 Å². The minimum Gasteiger partial charge on any atom is -0.456 e. The molecule has 3 N–H and O–H groups in total. The van der Waals surface area contributed by atoms with Gasteiger partial charge in [-0.3, -0.25) is 0 Å². The molecule has 1 aromatic carbocycles. The van der Waals surface area contributed by atoms with Crippen LogP contribution < -0.4 is 5.73 Å². The van der Waals surface area contributed by atoms with Crippen LogP contribution in [0.15, 0.2) is 41.1 Å². The molecule has 4 nitrogen and oxygen atoms in total. The molecule has 0 saturated heterocycles. The van der Waals surface area contributed by atoms with Crippen molar-refractivity contribution in [2.24, 2.45) is 5.73 Å². The molecule has 17 heavy (non-hydrogen) atoms. The van der Waals surface area contributed by atoms with Crippen LogP contribution >= 0.6 is 0 Å². The van der Waals surface area contributed by atoms with Crippen molar-refractivity contribution in [1.29, 1.82) is 0 Å². The quantitative estimate of drug-likeness (QED) is 0.711. The zero-order chi connectivity index (χ0) is 11.8. The summed E-state index contributed by atoms with van der Waals surface area (Å²) in [5.74, 6) is 0.685. The van der Waals surface area contributed by atoms with Crippen LogP contribution in [-0.4, -0.2) is 9.97 Å². The van der Waals surface area contributed by atoms with Crippen molar-refractivity contribution in [3.63, 3.8) is 0 Å². The predicted molar refractivity (Wildman–Crippen MR) is 60.8 cm³/mol. The van der Waals surface area contributed by atoms with Gasteiger partial charge in [-0.25, -0.2) is 9.37 Å². The first kappa shape index (κ1) is 10.0. The molecule has 0 aliphatic carbocycles. The number of nitrogens with two attached hydrogens (primary N) is 1. The molecule has 2 aromatic heterocycles. The molecule has 1 unspecified atom stereocenters. The van der Waals surface area contributed by atoms with Gasteiger partial charge in [0.2, 0.25) is 0 Å². The molecule has 3 rings (SSSR count). The lowest BCUT2D eigenvalue weighted by molar-refractivity contribution is 0.496. The van der Waals surface area contributed by atoms with Crippen LogP contribution in [0.1, 0.15) is 17.6 Å². The summed E-state index contributed by atoms with van der Waals surface area (Å²) in [6, 6.07) is 5.98. The summed E-state index contributed by atoms with van der Waals surface area (Å²) in [6.07, 6.45) is 3.29. The molecule has 0 fully saturated rings. The van der Waals surface area contributed by atoms with Gasteiger partial charge in [-0.2, -0.15) is 0 Å². The second-order valence-electron chi connectivity index (χ2n) is 3.76. The Hall–Kier alpha value is -2.14. The van der Waals surface area contributed by atoms with Crippen LogP contribution in [0.2, 0.25) is 0 Å². The fourth-order valence-electron chi connectivity index (χ4n) is 1.78. The SMILES string of the molecule is NC(c1ncc[nH]1)c1cc2cccc(F)c2o1. The van der Waals surface area contributed by atoms with E-state index in [1.807, 2.05) is 0 Å². The number of furan rings is 1. The van der Waals surface area contributed by atoms with E-state index in [4.69, 9.17) is 10.2 Å². The molecule has 0 aliphatic heterocycles. The molecular formula is C12H10FN3O. The van der Waals surface area contributed by atoms with E-state index in [0.29, 0.717) is 17.0 Å². The van der Waals surface area contributed by atoms with E-state index in [2.05, 4.69) is 9.97 Å². The second-order valence-corrected chi connectivity index (χ2v) is 3.76. The lowest BCUT2D eigenvalue weighted by Crippen LogP contribution is -2.12. The van der Waals surface area contributed by atoms with Gasteiger partial charge in [-0.05, 0) is 12.1 Å². The van der Waals surface area contributed by atoms with Crippen LogP contribution in [0, 0.1) is 5.82 Å². The first-order valence-corrected chi connectivity index (χ1v) is 5.18. The van der Waals surface area contributed by atoms with Crippen molar-refractivity contribution < 1.29 is 8.81 Å². The lowest BCUT2D eigenvalue weighted by atomic mass is 10.2. The molecule has 0 aliphatic rings. The fourth-order valence-corrected chi connectivity index (χ4v) is 1.78. The van der Waals surface area contributed by atoms with Crippen LogP contribution in [-0.2, 0) is 0 Å². The second kappa shape index (κ2) is 3.71. The van der Waals surface area contributed by atoms with Crippen LogP contribution in [0.5, 0.6) is 0 Å². The van der Waals surface area contributed by atoms with Gasteiger partial charge in [0, 0.05) is 17.8 Å². The largest absolute Gasteiger partial charge is 0.456 e. The molecule has 1 atom stereocenters. The van der Waals surface area contributed by atoms with E-state index < -0.39 is 6.04 Å². The van der Waals surface area contributed by atoms with Crippen molar-refractivity contribution >= 4 is 11.0 Å². The highest BCUT2D eigenvalue weighted by Gasteiger charge is 2.17. The maximum atomic E-state index is 13.4. The van der Waals surface area contributed by atoms with E-state index in [1.165, 1.54) is 6.07 Å². The number of fused-ring (bicyclic) bond motifs is 1. The monoisotopic (exact) mass is 231 g/mol. The normalized spacial score (nSPS) is 13.1. The van der Waals surface area contributed by atoms with Gasteiger partial charge in [0.1, 0.15) is 17.6 Å². The Kier molecular flexibility index (Phi) is 2.19. The Morgan fingerprint density at radius 2 is 2.29 bits per heavy atom. The Bertz CT molecular complexity index is 645. The molecule has 5 heteroatoms. The lowest BCUT2D eigenvalue weighted by Gasteiger charge is -2.03. The number of hydrogen-bond donors (Lipinski definition) is 2.